The average Bonchev–Trinajstić information content (AvgIpc) is 2.67. The second-order valence-electron chi connectivity index (χ2n) is 7.18. The Morgan fingerprint density at radius 1 is 1.24 bits per heavy atom. The smallest absolute Gasteiger partial charge is 0.126 e. The third-order valence-electron chi connectivity index (χ3n) is 4.28. The molecule has 4 heteroatoms. The summed E-state index contributed by atoms with van der Waals surface area (Å²) in [5, 5.41) is 3.52. The van der Waals surface area contributed by atoms with E-state index in [4.69, 9.17) is 4.74 Å². The third kappa shape index (κ3) is 4.24. The van der Waals surface area contributed by atoms with E-state index >= 15 is 0 Å². The van der Waals surface area contributed by atoms with E-state index in [0.29, 0.717) is 18.6 Å². The van der Waals surface area contributed by atoms with Crippen molar-refractivity contribution < 1.29 is 13.5 Å². The van der Waals surface area contributed by atoms with Gasteiger partial charge in [-0.2, -0.15) is 0 Å². The number of benzene rings is 1. The van der Waals surface area contributed by atoms with Crippen molar-refractivity contribution in [2.24, 2.45) is 5.41 Å². The van der Waals surface area contributed by atoms with Gasteiger partial charge in [0.15, 0.2) is 0 Å². The maximum Gasteiger partial charge on any atom is 0.126 e. The summed E-state index contributed by atoms with van der Waals surface area (Å²) in [7, 11) is 0. The summed E-state index contributed by atoms with van der Waals surface area (Å²) in [4.78, 5) is 0. The summed E-state index contributed by atoms with van der Waals surface area (Å²) in [5.74, 6) is -1.04. The fraction of sp³-hybridized carbons (Fsp3) is 0.647. The van der Waals surface area contributed by atoms with Crippen LogP contribution in [0.3, 0.4) is 0 Å². The lowest BCUT2D eigenvalue weighted by Crippen LogP contribution is -2.47. The number of ether oxygens (including phenoxy) is 1. The van der Waals surface area contributed by atoms with Crippen LogP contribution in [0.2, 0.25) is 0 Å². The van der Waals surface area contributed by atoms with Crippen LogP contribution >= 0.6 is 0 Å². The highest BCUT2D eigenvalue weighted by Crippen LogP contribution is 2.38. The van der Waals surface area contributed by atoms with Gasteiger partial charge < -0.3 is 10.1 Å². The van der Waals surface area contributed by atoms with Gasteiger partial charge in [-0.15, -0.1) is 0 Å². The molecule has 0 saturated carbocycles. The molecule has 1 fully saturated rings. The Bertz CT molecular complexity index is 478. The summed E-state index contributed by atoms with van der Waals surface area (Å²) < 4.78 is 32.6. The topological polar surface area (TPSA) is 21.3 Å². The Labute approximate surface area is 125 Å². The fourth-order valence-electron chi connectivity index (χ4n) is 2.91. The Hall–Kier alpha value is -1.00. The molecule has 0 aromatic heterocycles. The lowest BCUT2D eigenvalue weighted by atomic mass is 9.75. The maximum atomic E-state index is 13.4. The van der Waals surface area contributed by atoms with Crippen molar-refractivity contribution in [1.29, 1.82) is 0 Å². The minimum Gasteiger partial charge on any atom is -0.378 e. The lowest BCUT2D eigenvalue weighted by Gasteiger charge is -2.36. The molecule has 21 heavy (non-hydrogen) atoms. The molecule has 2 nitrogen and oxygen atoms in total. The molecule has 0 amide bonds. The van der Waals surface area contributed by atoms with Crippen molar-refractivity contribution in [2.75, 3.05) is 13.2 Å². The van der Waals surface area contributed by atoms with Crippen LogP contribution in [0.15, 0.2) is 18.2 Å². The van der Waals surface area contributed by atoms with Crippen molar-refractivity contribution >= 4 is 0 Å². The second-order valence-corrected chi connectivity index (χ2v) is 7.18. The van der Waals surface area contributed by atoms with E-state index in [0.717, 1.165) is 19.0 Å². The van der Waals surface area contributed by atoms with Crippen molar-refractivity contribution in [3.8, 4) is 0 Å². The van der Waals surface area contributed by atoms with Gasteiger partial charge in [0.1, 0.15) is 11.6 Å². The number of halogens is 2. The quantitative estimate of drug-likeness (QED) is 0.915. The van der Waals surface area contributed by atoms with Crippen molar-refractivity contribution in [1.82, 2.24) is 5.32 Å². The Morgan fingerprint density at radius 2 is 1.86 bits per heavy atom. The van der Waals surface area contributed by atoms with Gasteiger partial charge in [0.05, 0.1) is 6.10 Å². The van der Waals surface area contributed by atoms with E-state index in [2.05, 4.69) is 26.1 Å². The van der Waals surface area contributed by atoms with Crippen LogP contribution in [0.1, 0.15) is 39.7 Å². The molecular weight excluding hydrogens is 272 g/mol. The molecule has 1 aromatic rings. The Kier molecular flexibility index (Phi) is 4.69. The van der Waals surface area contributed by atoms with Crippen LogP contribution in [0, 0.1) is 17.0 Å². The van der Waals surface area contributed by atoms with Crippen molar-refractivity contribution in [3.63, 3.8) is 0 Å². The van der Waals surface area contributed by atoms with Gasteiger partial charge in [-0.25, -0.2) is 8.78 Å². The molecule has 2 atom stereocenters. The van der Waals surface area contributed by atoms with Gasteiger partial charge in [0.2, 0.25) is 0 Å². The molecule has 1 aliphatic rings. The molecule has 118 valence electrons. The van der Waals surface area contributed by atoms with E-state index in [1.165, 1.54) is 12.1 Å². The molecule has 1 aliphatic heterocycles. The molecule has 2 rings (SSSR count). The SMILES string of the molecule is CC1OCCC1(CNC(C)(C)C)Cc1cc(F)cc(F)c1. The lowest BCUT2D eigenvalue weighted by molar-refractivity contribution is 0.0597. The van der Waals surface area contributed by atoms with E-state index in [1.54, 1.807) is 0 Å². The van der Waals surface area contributed by atoms with Gasteiger partial charge in [-0.05, 0) is 58.2 Å². The number of hydrogen-bond donors (Lipinski definition) is 1. The molecule has 0 aliphatic carbocycles. The summed E-state index contributed by atoms with van der Waals surface area (Å²) >= 11 is 0. The van der Waals surface area contributed by atoms with Crippen LogP contribution in [-0.2, 0) is 11.2 Å². The summed E-state index contributed by atoms with van der Waals surface area (Å²) in [6.45, 7) is 9.86. The van der Waals surface area contributed by atoms with Gasteiger partial charge in [0.25, 0.3) is 0 Å². The predicted octanol–water partition coefficient (Wildman–Crippen LogP) is 3.69. The van der Waals surface area contributed by atoms with E-state index in [-0.39, 0.29) is 17.1 Å². The monoisotopic (exact) mass is 297 g/mol. The maximum absolute atomic E-state index is 13.4. The Morgan fingerprint density at radius 3 is 2.33 bits per heavy atom. The van der Waals surface area contributed by atoms with E-state index < -0.39 is 11.6 Å². The zero-order chi connectivity index (χ0) is 15.7. The zero-order valence-corrected chi connectivity index (χ0v) is 13.3. The fourth-order valence-corrected chi connectivity index (χ4v) is 2.91. The molecule has 1 N–H and O–H groups in total. The molecule has 0 radical (unpaired) electrons. The minimum absolute atomic E-state index is 0.00248. The summed E-state index contributed by atoms with van der Waals surface area (Å²) in [6.07, 6.45) is 1.58. The first-order valence-electron chi connectivity index (χ1n) is 7.52. The van der Waals surface area contributed by atoms with Gasteiger partial charge in [-0.1, -0.05) is 0 Å². The third-order valence-corrected chi connectivity index (χ3v) is 4.28. The predicted molar refractivity (Wildman–Crippen MR) is 80.3 cm³/mol. The molecule has 1 saturated heterocycles. The number of hydrogen-bond acceptors (Lipinski definition) is 2. The second kappa shape index (κ2) is 6.01. The molecule has 1 heterocycles. The van der Waals surface area contributed by atoms with Crippen LogP contribution in [0.25, 0.3) is 0 Å². The van der Waals surface area contributed by atoms with Crippen molar-refractivity contribution in [3.05, 3.63) is 35.4 Å². The number of nitrogens with one attached hydrogen (secondary N) is 1. The normalized spacial score (nSPS) is 26.3. The highest BCUT2D eigenvalue weighted by Gasteiger charge is 2.42. The zero-order valence-electron chi connectivity index (χ0n) is 13.3. The van der Waals surface area contributed by atoms with E-state index in [1.807, 2.05) is 6.92 Å². The van der Waals surface area contributed by atoms with Gasteiger partial charge >= 0.3 is 0 Å². The molecule has 1 aromatic carbocycles. The van der Waals surface area contributed by atoms with Crippen LogP contribution in [0.5, 0.6) is 0 Å². The van der Waals surface area contributed by atoms with E-state index in [9.17, 15) is 8.78 Å². The molecule has 0 spiro atoms. The molecule has 2 unspecified atom stereocenters. The first-order valence-corrected chi connectivity index (χ1v) is 7.52. The first-order chi connectivity index (χ1) is 9.70. The van der Waals surface area contributed by atoms with Crippen LogP contribution < -0.4 is 5.32 Å². The standard InChI is InChI=1S/C17H25F2NO/c1-12-17(5-6-21-12,11-20-16(2,3)4)10-13-7-14(18)9-15(19)8-13/h7-9,12,20H,5-6,10-11H2,1-4H3. The summed E-state index contributed by atoms with van der Waals surface area (Å²) in [5.41, 5.74) is 0.580. The van der Waals surface area contributed by atoms with Crippen LogP contribution in [-0.4, -0.2) is 24.8 Å². The average molecular weight is 297 g/mol. The highest BCUT2D eigenvalue weighted by atomic mass is 19.1. The Balaban J connectivity index is 2.20. The number of rotatable bonds is 4. The molecular formula is C17H25F2NO. The molecule has 0 bridgehead atoms. The van der Waals surface area contributed by atoms with Crippen LogP contribution in [0.4, 0.5) is 8.78 Å². The largest absolute Gasteiger partial charge is 0.378 e. The highest BCUT2D eigenvalue weighted by molar-refractivity contribution is 5.20. The summed E-state index contributed by atoms with van der Waals surface area (Å²) in [6, 6.07) is 3.76. The van der Waals surface area contributed by atoms with Gasteiger partial charge in [-0.3, -0.25) is 0 Å². The first kappa shape index (κ1) is 16.4. The van der Waals surface area contributed by atoms with Crippen molar-refractivity contribution in [2.45, 2.75) is 52.2 Å². The van der Waals surface area contributed by atoms with Gasteiger partial charge in [0, 0.05) is 30.2 Å². The minimum atomic E-state index is -0.518.